The minimum atomic E-state index is 1.26. The van der Waals surface area contributed by atoms with E-state index in [1.807, 2.05) is 0 Å². The molecule has 0 rings (SSSR count). The van der Waals surface area contributed by atoms with Crippen LogP contribution >= 0.6 is 0 Å². The largest absolute Gasteiger partial charge is 0.309 e. The fraction of sp³-hybridized carbons (Fsp3) is 1.00. The van der Waals surface area contributed by atoms with Gasteiger partial charge >= 0.3 is 0 Å². The summed E-state index contributed by atoms with van der Waals surface area (Å²) in [4.78, 5) is 4.55. The van der Waals surface area contributed by atoms with Crippen LogP contribution in [-0.2, 0) is 0 Å². The van der Waals surface area contributed by atoms with E-state index in [1.54, 1.807) is 0 Å². The average molecular weight is 371 g/mol. The predicted octanol–water partition coefficient (Wildman–Crippen LogP) is 7.38. The molecule has 0 bridgehead atoms. The summed E-state index contributed by atoms with van der Waals surface area (Å²) in [5, 5.41) is 0. The van der Waals surface area contributed by atoms with Gasteiger partial charge in [0.2, 0.25) is 0 Å². The third-order valence-electron chi connectivity index (χ3n) is 4.92. The standard InChI is InChI=1S/C14H31N.C10H23N/c1-4-5-6-7-8-9-10-11-12-13-14-15(2)3;1-4-5-6-7-8-9-10-11(2)3/h4-14H2,1-3H3;4-10H2,1-3H3. The van der Waals surface area contributed by atoms with Crippen molar-refractivity contribution < 1.29 is 0 Å². The molecule has 0 saturated carbocycles. The Labute approximate surface area is 168 Å². The Morgan fingerprint density at radius 2 is 0.577 bits per heavy atom. The highest BCUT2D eigenvalue weighted by Crippen LogP contribution is 2.10. The van der Waals surface area contributed by atoms with E-state index in [0.29, 0.717) is 0 Å². The van der Waals surface area contributed by atoms with Crippen molar-refractivity contribution in [1.82, 2.24) is 9.80 Å². The van der Waals surface area contributed by atoms with Gasteiger partial charge in [-0.3, -0.25) is 0 Å². The number of unbranched alkanes of at least 4 members (excludes halogenated alkanes) is 14. The van der Waals surface area contributed by atoms with Crippen molar-refractivity contribution in [1.29, 1.82) is 0 Å². The average Bonchev–Trinajstić information content (AvgIpc) is 2.60. The second kappa shape index (κ2) is 24.9. The summed E-state index contributed by atoms with van der Waals surface area (Å²) >= 11 is 0. The van der Waals surface area contributed by atoms with Crippen molar-refractivity contribution in [2.75, 3.05) is 41.3 Å². The molecule has 0 amide bonds. The molecule has 0 aromatic rings. The smallest absolute Gasteiger partial charge is 0.00248 e. The molecule has 0 N–H and O–H groups in total. The van der Waals surface area contributed by atoms with Gasteiger partial charge in [-0.05, 0) is 54.1 Å². The van der Waals surface area contributed by atoms with Crippen LogP contribution in [-0.4, -0.2) is 51.1 Å². The molecule has 2 nitrogen and oxygen atoms in total. The maximum Gasteiger partial charge on any atom is -0.00248 e. The number of rotatable bonds is 18. The van der Waals surface area contributed by atoms with Crippen LogP contribution in [0.5, 0.6) is 0 Å². The van der Waals surface area contributed by atoms with E-state index in [9.17, 15) is 0 Å². The molecule has 0 aromatic heterocycles. The van der Waals surface area contributed by atoms with Gasteiger partial charge in [0.25, 0.3) is 0 Å². The van der Waals surface area contributed by atoms with Crippen molar-refractivity contribution in [2.24, 2.45) is 0 Å². The van der Waals surface area contributed by atoms with Crippen LogP contribution in [0.2, 0.25) is 0 Å². The fourth-order valence-corrected chi connectivity index (χ4v) is 3.12. The molecular weight excluding hydrogens is 316 g/mol. The third kappa shape index (κ3) is 31.7. The van der Waals surface area contributed by atoms with Crippen LogP contribution in [0.15, 0.2) is 0 Å². The molecule has 0 heterocycles. The lowest BCUT2D eigenvalue weighted by molar-refractivity contribution is 0.389. The van der Waals surface area contributed by atoms with E-state index in [4.69, 9.17) is 0 Å². The van der Waals surface area contributed by atoms with Gasteiger partial charge in [0.15, 0.2) is 0 Å². The predicted molar refractivity (Wildman–Crippen MR) is 122 cm³/mol. The van der Waals surface area contributed by atoms with E-state index in [2.05, 4.69) is 51.8 Å². The van der Waals surface area contributed by atoms with Crippen LogP contribution < -0.4 is 0 Å². The summed E-state index contributed by atoms with van der Waals surface area (Å²) in [5.74, 6) is 0. The van der Waals surface area contributed by atoms with Crippen molar-refractivity contribution in [3.8, 4) is 0 Å². The van der Waals surface area contributed by atoms with Crippen molar-refractivity contribution in [2.45, 2.75) is 117 Å². The topological polar surface area (TPSA) is 6.48 Å². The minimum Gasteiger partial charge on any atom is -0.309 e. The van der Waals surface area contributed by atoms with E-state index in [0.717, 1.165) is 0 Å². The van der Waals surface area contributed by atoms with Gasteiger partial charge in [-0.1, -0.05) is 104 Å². The first-order valence-electron chi connectivity index (χ1n) is 11.8. The lowest BCUT2D eigenvalue weighted by atomic mass is 10.1. The molecule has 0 aliphatic carbocycles. The van der Waals surface area contributed by atoms with Crippen LogP contribution in [0.4, 0.5) is 0 Å². The van der Waals surface area contributed by atoms with E-state index >= 15 is 0 Å². The molecule has 0 aromatic carbocycles. The minimum absolute atomic E-state index is 1.26. The molecule has 160 valence electrons. The molecular formula is C24H54N2. The quantitative estimate of drug-likeness (QED) is 0.232. The van der Waals surface area contributed by atoms with Gasteiger partial charge < -0.3 is 9.80 Å². The summed E-state index contributed by atoms with van der Waals surface area (Å²) in [6.45, 7) is 7.06. The van der Waals surface area contributed by atoms with Crippen LogP contribution in [0.25, 0.3) is 0 Å². The lowest BCUT2D eigenvalue weighted by Crippen LogP contribution is -2.12. The Hall–Kier alpha value is -0.0800. The summed E-state index contributed by atoms with van der Waals surface area (Å²) < 4.78 is 0. The molecule has 0 unspecified atom stereocenters. The Balaban J connectivity index is 0. The maximum atomic E-state index is 2.28. The highest BCUT2D eigenvalue weighted by Gasteiger charge is 1.93. The highest BCUT2D eigenvalue weighted by atomic mass is 15.0. The van der Waals surface area contributed by atoms with Crippen molar-refractivity contribution in [3.63, 3.8) is 0 Å². The van der Waals surface area contributed by atoms with E-state index in [-0.39, 0.29) is 0 Å². The Morgan fingerprint density at radius 1 is 0.346 bits per heavy atom. The van der Waals surface area contributed by atoms with E-state index in [1.165, 1.54) is 116 Å². The van der Waals surface area contributed by atoms with Crippen LogP contribution in [0.1, 0.15) is 117 Å². The first-order chi connectivity index (χ1) is 12.5. The van der Waals surface area contributed by atoms with Crippen LogP contribution in [0.3, 0.4) is 0 Å². The third-order valence-corrected chi connectivity index (χ3v) is 4.92. The Morgan fingerprint density at radius 3 is 0.808 bits per heavy atom. The zero-order valence-electron chi connectivity index (χ0n) is 19.6. The SMILES string of the molecule is CCCCCCCCCCCCN(C)C.CCCCCCCCN(C)C. The molecule has 0 aliphatic rings. The lowest BCUT2D eigenvalue weighted by Gasteiger charge is -2.08. The first kappa shape index (κ1) is 28.1. The van der Waals surface area contributed by atoms with Gasteiger partial charge in [-0.15, -0.1) is 0 Å². The molecule has 0 aliphatic heterocycles. The molecule has 26 heavy (non-hydrogen) atoms. The van der Waals surface area contributed by atoms with Crippen molar-refractivity contribution in [3.05, 3.63) is 0 Å². The van der Waals surface area contributed by atoms with Gasteiger partial charge in [-0.25, -0.2) is 0 Å². The second-order valence-corrected chi connectivity index (χ2v) is 8.56. The maximum absolute atomic E-state index is 2.28. The Kier molecular flexibility index (Phi) is 27.0. The molecule has 0 saturated heterocycles. The molecule has 0 radical (unpaired) electrons. The van der Waals surface area contributed by atoms with Gasteiger partial charge in [0, 0.05) is 0 Å². The fourth-order valence-electron chi connectivity index (χ4n) is 3.12. The molecule has 0 fully saturated rings. The number of hydrogen-bond acceptors (Lipinski definition) is 2. The monoisotopic (exact) mass is 370 g/mol. The summed E-state index contributed by atoms with van der Waals surface area (Å²) in [6, 6.07) is 0. The summed E-state index contributed by atoms with van der Waals surface area (Å²) in [7, 11) is 8.61. The van der Waals surface area contributed by atoms with Gasteiger partial charge in [-0.2, -0.15) is 0 Å². The van der Waals surface area contributed by atoms with E-state index < -0.39 is 0 Å². The van der Waals surface area contributed by atoms with Gasteiger partial charge in [0.1, 0.15) is 0 Å². The van der Waals surface area contributed by atoms with Crippen molar-refractivity contribution >= 4 is 0 Å². The van der Waals surface area contributed by atoms with Gasteiger partial charge in [0.05, 0.1) is 0 Å². The zero-order valence-corrected chi connectivity index (χ0v) is 19.6. The molecule has 0 spiro atoms. The Bertz CT molecular complexity index is 226. The second-order valence-electron chi connectivity index (χ2n) is 8.56. The molecule has 2 heteroatoms. The first-order valence-corrected chi connectivity index (χ1v) is 11.8. The summed E-state index contributed by atoms with van der Waals surface area (Å²) in [6.07, 6.45) is 22.8. The highest BCUT2D eigenvalue weighted by molar-refractivity contribution is 4.49. The normalized spacial score (nSPS) is 11.1. The summed E-state index contributed by atoms with van der Waals surface area (Å²) in [5.41, 5.74) is 0. The zero-order chi connectivity index (χ0) is 19.9. The number of hydrogen-bond donors (Lipinski definition) is 0. The number of nitrogens with zero attached hydrogens (tertiary/aromatic N) is 2. The van der Waals surface area contributed by atoms with Crippen LogP contribution in [0, 0.1) is 0 Å². The molecule has 0 atom stereocenters.